The number of para-hydroxylation sites is 1. The fourth-order valence-electron chi connectivity index (χ4n) is 2.16. The second-order valence-electron chi connectivity index (χ2n) is 5.19. The molecular weight excluding hydrogens is 278 g/mol. The van der Waals surface area contributed by atoms with Crippen molar-refractivity contribution in [2.24, 2.45) is 0 Å². The lowest BCUT2D eigenvalue weighted by molar-refractivity contribution is 0.180. The summed E-state index contributed by atoms with van der Waals surface area (Å²) >= 11 is 0. The second-order valence-corrected chi connectivity index (χ2v) is 5.19. The number of aryl methyl sites for hydroxylation is 2. The zero-order valence-corrected chi connectivity index (χ0v) is 13.4. The van der Waals surface area contributed by atoms with Crippen molar-refractivity contribution in [1.82, 2.24) is 0 Å². The molecule has 0 atom stereocenters. The number of anilines is 1. The van der Waals surface area contributed by atoms with Crippen LogP contribution < -0.4 is 9.64 Å². The molecule has 2 aromatic carbocycles. The molecule has 0 saturated heterocycles. The standard InChI is InChI=1S/C18H21NO3/c1-13-9-10-16(11-14(13)2)22-12-15-7-5-6-8-17(15)19(3)18(20)21-4/h5-11H,12H2,1-4H3. The summed E-state index contributed by atoms with van der Waals surface area (Å²) in [5, 5.41) is 0. The van der Waals surface area contributed by atoms with Crippen LogP contribution in [0.15, 0.2) is 42.5 Å². The topological polar surface area (TPSA) is 38.8 Å². The van der Waals surface area contributed by atoms with Crippen molar-refractivity contribution in [3.8, 4) is 5.75 Å². The van der Waals surface area contributed by atoms with Gasteiger partial charge in [-0.2, -0.15) is 0 Å². The number of benzene rings is 2. The van der Waals surface area contributed by atoms with Crippen LogP contribution in [0.4, 0.5) is 10.5 Å². The van der Waals surface area contributed by atoms with Gasteiger partial charge in [-0.1, -0.05) is 24.3 Å². The van der Waals surface area contributed by atoms with Crippen molar-refractivity contribution in [3.63, 3.8) is 0 Å². The molecule has 0 aromatic heterocycles. The molecule has 116 valence electrons. The molecule has 0 aliphatic heterocycles. The van der Waals surface area contributed by atoms with Crippen LogP contribution in [0, 0.1) is 13.8 Å². The highest BCUT2D eigenvalue weighted by molar-refractivity contribution is 5.87. The average Bonchev–Trinajstić information content (AvgIpc) is 2.54. The SMILES string of the molecule is COC(=O)N(C)c1ccccc1COc1ccc(C)c(C)c1. The van der Waals surface area contributed by atoms with Gasteiger partial charge in [0.15, 0.2) is 0 Å². The Morgan fingerprint density at radius 1 is 1.09 bits per heavy atom. The fraction of sp³-hybridized carbons (Fsp3) is 0.278. The predicted molar refractivity (Wildman–Crippen MR) is 87.5 cm³/mol. The van der Waals surface area contributed by atoms with Crippen LogP contribution in [0.1, 0.15) is 16.7 Å². The van der Waals surface area contributed by atoms with E-state index in [0.29, 0.717) is 6.61 Å². The number of amides is 1. The van der Waals surface area contributed by atoms with Crippen molar-refractivity contribution in [1.29, 1.82) is 0 Å². The molecule has 2 aromatic rings. The Labute approximate surface area is 131 Å². The molecule has 4 nitrogen and oxygen atoms in total. The van der Waals surface area contributed by atoms with Gasteiger partial charge in [0.1, 0.15) is 12.4 Å². The number of nitrogens with zero attached hydrogens (tertiary/aromatic N) is 1. The molecule has 22 heavy (non-hydrogen) atoms. The van der Waals surface area contributed by atoms with Crippen LogP contribution in [-0.2, 0) is 11.3 Å². The first-order chi connectivity index (χ1) is 10.5. The molecule has 0 heterocycles. The van der Waals surface area contributed by atoms with Gasteiger partial charge >= 0.3 is 6.09 Å². The van der Waals surface area contributed by atoms with E-state index in [2.05, 4.69) is 13.8 Å². The molecular formula is C18H21NO3. The van der Waals surface area contributed by atoms with E-state index in [4.69, 9.17) is 9.47 Å². The van der Waals surface area contributed by atoms with Crippen LogP contribution in [0.3, 0.4) is 0 Å². The van der Waals surface area contributed by atoms with E-state index in [1.54, 1.807) is 7.05 Å². The summed E-state index contributed by atoms with van der Waals surface area (Å²) in [5.74, 6) is 0.818. The van der Waals surface area contributed by atoms with Crippen molar-refractivity contribution < 1.29 is 14.3 Å². The largest absolute Gasteiger partial charge is 0.489 e. The Kier molecular flexibility index (Phi) is 5.04. The third-order valence-electron chi connectivity index (χ3n) is 3.67. The van der Waals surface area contributed by atoms with Gasteiger partial charge in [0.2, 0.25) is 0 Å². The van der Waals surface area contributed by atoms with Crippen molar-refractivity contribution in [3.05, 3.63) is 59.2 Å². The van der Waals surface area contributed by atoms with Crippen molar-refractivity contribution in [2.75, 3.05) is 19.1 Å². The zero-order chi connectivity index (χ0) is 16.1. The number of carbonyl (C=O) groups excluding carboxylic acids is 1. The van der Waals surface area contributed by atoms with Crippen LogP contribution >= 0.6 is 0 Å². The molecule has 4 heteroatoms. The molecule has 1 amide bonds. The molecule has 0 saturated carbocycles. The lowest BCUT2D eigenvalue weighted by Gasteiger charge is -2.19. The highest BCUT2D eigenvalue weighted by Gasteiger charge is 2.14. The number of hydrogen-bond acceptors (Lipinski definition) is 3. The monoisotopic (exact) mass is 299 g/mol. The normalized spacial score (nSPS) is 10.2. The van der Waals surface area contributed by atoms with E-state index in [9.17, 15) is 4.79 Å². The van der Waals surface area contributed by atoms with E-state index >= 15 is 0 Å². The molecule has 0 radical (unpaired) electrons. The summed E-state index contributed by atoms with van der Waals surface area (Å²) in [7, 11) is 3.05. The molecule has 0 fully saturated rings. The smallest absolute Gasteiger partial charge is 0.413 e. The number of methoxy groups -OCH3 is 1. The Balaban J connectivity index is 2.16. The van der Waals surface area contributed by atoms with E-state index in [-0.39, 0.29) is 0 Å². The van der Waals surface area contributed by atoms with E-state index in [1.165, 1.54) is 23.1 Å². The Bertz CT molecular complexity index is 667. The zero-order valence-electron chi connectivity index (χ0n) is 13.4. The molecule has 2 rings (SSSR count). The number of hydrogen-bond donors (Lipinski definition) is 0. The predicted octanol–water partition coefficient (Wildman–Crippen LogP) is 4.09. The third-order valence-corrected chi connectivity index (χ3v) is 3.67. The second kappa shape index (κ2) is 6.98. The van der Waals surface area contributed by atoms with Gasteiger partial charge in [0.25, 0.3) is 0 Å². The Hall–Kier alpha value is -2.49. The van der Waals surface area contributed by atoms with Gasteiger partial charge < -0.3 is 9.47 Å². The quantitative estimate of drug-likeness (QED) is 0.853. The summed E-state index contributed by atoms with van der Waals surface area (Å²) in [6.45, 7) is 4.51. The minimum atomic E-state index is -0.404. The molecule has 0 aliphatic rings. The van der Waals surface area contributed by atoms with Crippen molar-refractivity contribution >= 4 is 11.8 Å². The minimum absolute atomic E-state index is 0.389. The van der Waals surface area contributed by atoms with Crippen LogP contribution in [-0.4, -0.2) is 20.3 Å². The van der Waals surface area contributed by atoms with E-state index in [1.807, 2.05) is 42.5 Å². The third kappa shape index (κ3) is 3.58. The molecule has 0 spiro atoms. The average molecular weight is 299 g/mol. The van der Waals surface area contributed by atoms with Gasteiger partial charge in [-0.15, -0.1) is 0 Å². The van der Waals surface area contributed by atoms with Gasteiger partial charge in [-0.05, 0) is 43.2 Å². The summed E-state index contributed by atoms with van der Waals surface area (Å²) in [6.07, 6.45) is -0.404. The highest BCUT2D eigenvalue weighted by Crippen LogP contribution is 2.23. The maximum Gasteiger partial charge on any atom is 0.413 e. The van der Waals surface area contributed by atoms with Crippen LogP contribution in [0.2, 0.25) is 0 Å². The summed E-state index contributed by atoms with van der Waals surface area (Å²) < 4.78 is 10.6. The van der Waals surface area contributed by atoms with E-state index < -0.39 is 6.09 Å². The highest BCUT2D eigenvalue weighted by atomic mass is 16.5. The summed E-state index contributed by atoms with van der Waals surface area (Å²) in [4.78, 5) is 13.2. The van der Waals surface area contributed by atoms with E-state index in [0.717, 1.165) is 17.0 Å². The minimum Gasteiger partial charge on any atom is -0.489 e. The van der Waals surface area contributed by atoms with Crippen LogP contribution in [0.5, 0.6) is 5.75 Å². The first-order valence-corrected chi connectivity index (χ1v) is 7.12. The van der Waals surface area contributed by atoms with Gasteiger partial charge in [0.05, 0.1) is 12.8 Å². The Morgan fingerprint density at radius 3 is 2.50 bits per heavy atom. The molecule has 0 aliphatic carbocycles. The lowest BCUT2D eigenvalue weighted by Crippen LogP contribution is -2.27. The lowest BCUT2D eigenvalue weighted by atomic mass is 10.1. The summed E-state index contributed by atoms with van der Waals surface area (Å²) in [5.41, 5.74) is 4.13. The molecule has 0 N–H and O–H groups in total. The first kappa shape index (κ1) is 15.9. The van der Waals surface area contributed by atoms with Gasteiger partial charge in [-0.25, -0.2) is 4.79 Å². The first-order valence-electron chi connectivity index (χ1n) is 7.12. The Morgan fingerprint density at radius 2 is 1.82 bits per heavy atom. The van der Waals surface area contributed by atoms with Crippen molar-refractivity contribution in [2.45, 2.75) is 20.5 Å². The number of carbonyl (C=O) groups is 1. The number of ether oxygens (including phenoxy) is 2. The number of rotatable bonds is 4. The van der Waals surface area contributed by atoms with Crippen LogP contribution in [0.25, 0.3) is 0 Å². The maximum absolute atomic E-state index is 11.7. The van der Waals surface area contributed by atoms with Gasteiger partial charge in [0, 0.05) is 12.6 Å². The maximum atomic E-state index is 11.7. The molecule has 0 bridgehead atoms. The van der Waals surface area contributed by atoms with Gasteiger partial charge in [-0.3, -0.25) is 4.90 Å². The fourth-order valence-corrected chi connectivity index (χ4v) is 2.16. The summed E-state index contributed by atoms with van der Waals surface area (Å²) in [6, 6.07) is 13.6. The molecule has 0 unspecified atom stereocenters.